The Bertz CT molecular complexity index is 186. The van der Waals surface area contributed by atoms with Crippen LogP contribution in [0.4, 0.5) is 0 Å². The SMILES string of the molecule is CCCCC(CCCCCCCCC(CC)CC)CNC. The molecule has 0 aliphatic carbocycles. The number of nitrogens with one attached hydrogen (secondary N) is 1. The van der Waals surface area contributed by atoms with Gasteiger partial charge in [-0.15, -0.1) is 0 Å². The number of rotatable bonds is 16. The lowest BCUT2D eigenvalue weighted by molar-refractivity contribution is 0.395. The number of unbranched alkanes of at least 4 members (excludes halogenated alkanes) is 6. The molecule has 21 heavy (non-hydrogen) atoms. The zero-order valence-corrected chi connectivity index (χ0v) is 15.6. The van der Waals surface area contributed by atoms with E-state index in [0.717, 1.165) is 11.8 Å². The molecule has 0 aromatic heterocycles. The van der Waals surface area contributed by atoms with Gasteiger partial charge in [0.15, 0.2) is 0 Å². The summed E-state index contributed by atoms with van der Waals surface area (Å²) in [5.74, 6) is 1.91. The van der Waals surface area contributed by atoms with Crippen LogP contribution in [0.25, 0.3) is 0 Å². The van der Waals surface area contributed by atoms with Gasteiger partial charge < -0.3 is 5.32 Å². The first kappa shape index (κ1) is 21.0. The van der Waals surface area contributed by atoms with Gasteiger partial charge in [0.1, 0.15) is 0 Å². The summed E-state index contributed by atoms with van der Waals surface area (Å²) in [5.41, 5.74) is 0. The maximum Gasteiger partial charge on any atom is -0.00235 e. The summed E-state index contributed by atoms with van der Waals surface area (Å²) in [6.07, 6.45) is 18.6. The van der Waals surface area contributed by atoms with Gasteiger partial charge in [0, 0.05) is 0 Å². The third kappa shape index (κ3) is 13.4. The lowest BCUT2D eigenvalue weighted by Gasteiger charge is -2.16. The van der Waals surface area contributed by atoms with Crippen molar-refractivity contribution in [1.82, 2.24) is 5.32 Å². The molecule has 0 saturated carbocycles. The fourth-order valence-electron chi connectivity index (χ4n) is 3.40. The molecule has 1 heteroatoms. The predicted octanol–water partition coefficient (Wildman–Crippen LogP) is 6.57. The smallest absolute Gasteiger partial charge is 0.00235 e. The fourth-order valence-corrected chi connectivity index (χ4v) is 3.40. The third-order valence-corrected chi connectivity index (χ3v) is 5.09. The van der Waals surface area contributed by atoms with Crippen LogP contribution in [0.5, 0.6) is 0 Å². The van der Waals surface area contributed by atoms with Gasteiger partial charge >= 0.3 is 0 Å². The summed E-state index contributed by atoms with van der Waals surface area (Å²) in [6, 6.07) is 0. The first-order valence-corrected chi connectivity index (χ1v) is 9.92. The molecule has 0 saturated heterocycles. The number of hydrogen-bond acceptors (Lipinski definition) is 1. The van der Waals surface area contributed by atoms with Crippen LogP contribution >= 0.6 is 0 Å². The van der Waals surface area contributed by atoms with Crippen LogP contribution in [-0.2, 0) is 0 Å². The molecule has 0 bridgehead atoms. The summed E-state index contributed by atoms with van der Waals surface area (Å²) >= 11 is 0. The third-order valence-electron chi connectivity index (χ3n) is 5.09. The highest BCUT2D eigenvalue weighted by Gasteiger charge is 2.07. The lowest BCUT2D eigenvalue weighted by Crippen LogP contribution is -2.18. The number of hydrogen-bond donors (Lipinski definition) is 1. The molecule has 1 nitrogen and oxygen atoms in total. The first-order valence-electron chi connectivity index (χ1n) is 9.92. The van der Waals surface area contributed by atoms with Gasteiger partial charge in [0.25, 0.3) is 0 Å². The van der Waals surface area contributed by atoms with Gasteiger partial charge in [-0.25, -0.2) is 0 Å². The Morgan fingerprint density at radius 1 is 0.619 bits per heavy atom. The van der Waals surface area contributed by atoms with E-state index in [1.165, 1.54) is 90.0 Å². The van der Waals surface area contributed by atoms with Gasteiger partial charge in [-0.3, -0.25) is 0 Å². The summed E-state index contributed by atoms with van der Waals surface area (Å²) < 4.78 is 0. The normalized spacial score (nSPS) is 13.0. The minimum atomic E-state index is 0.921. The average Bonchev–Trinajstić information content (AvgIpc) is 2.51. The Morgan fingerprint density at radius 3 is 1.57 bits per heavy atom. The monoisotopic (exact) mass is 297 g/mol. The Balaban J connectivity index is 3.40. The summed E-state index contributed by atoms with van der Waals surface area (Å²) in [7, 11) is 2.10. The molecule has 0 aromatic rings. The molecule has 1 N–H and O–H groups in total. The quantitative estimate of drug-likeness (QED) is 0.318. The van der Waals surface area contributed by atoms with Crippen LogP contribution in [0.15, 0.2) is 0 Å². The fraction of sp³-hybridized carbons (Fsp3) is 1.00. The van der Waals surface area contributed by atoms with E-state index in [1.54, 1.807) is 0 Å². The highest BCUT2D eigenvalue weighted by atomic mass is 14.8. The van der Waals surface area contributed by atoms with Crippen molar-refractivity contribution in [2.45, 2.75) is 104 Å². The van der Waals surface area contributed by atoms with Crippen molar-refractivity contribution in [2.75, 3.05) is 13.6 Å². The van der Waals surface area contributed by atoms with Crippen LogP contribution in [0, 0.1) is 11.8 Å². The van der Waals surface area contributed by atoms with Crippen LogP contribution in [0.1, 0.15) is 104 Å². The summed E-state index contributed by atoms with van der Waals surface area (Å²) in [5, 5.41) is 3.37. The molecule has 0 rings (SSSR count). The van der Waals surface area contributed by atoms with E-state index in [0.29, 0.717) is 0 Å². The molecule has 0 aliphatic rings. The topological polar surface area (TPSA) is 12.0 Å². The molecule has 0 aromatic carbocycles. The van der Waals surface area contributed by atoms with Gasteiger partial charge in [0.2, 0.25) is 0 Å². The Kier molecular flexibility index (Phi) is 16.3. The van der Waals surface area contributed by atoms with E-state index < -0.39 is 0 Å². The van der Waals surface area contributed by atoms with Gasteiger partial charge in [-0.05, 0) is 38.3 Å². The molecule has 128 valence electrons. The predicted molar refractivity (Wildman–Crippen MR) is 97.9 cm³/mol. The van der Waals surface area contributed by atoms with Crippen molar-refractivity contribution in [1.29, 1.82) is 0 Å². The van der Waals surface area contributed by atoms with Crippen LogP contribution in [0.3, 0.4) is 0 Å². The van der Waals surface area contributed by atoms with Crippen molar-refractivity contribution < 1.29 is 0 Å². The second-order valence-corrected chi connectivity index (χ2v) is 6.95. The molecule has 0 aliphatic heterocycles. The lowest BCUT2D eigenvalue weighted by atomic mass is 9.94. The van der Waals surface area contributed by atoms with E-state index in [1.807, 2.05) is 0 Å². The molecule has 1 atom stereocenters. The van der Waals surface area contributed by atoms with Gasteiger partial charge in [-0.1, -0.05) is 91.4 Å². The minimum Gasteiger partial charge on any atom is -0.319 e. The van der Waals surface area contributed by atoms with Crippen LogP contribution < -0.4 is 5.32 Å². The van der Waals surface area contributed by atoms with E-state index in [4.69, 9.17) is 0 Å². The second-order valence-electron chi connectivity index (χ2n) is 6.95. The standard InChI is InChI=1S/C20H43N/c1-5-8-15-20(18-21-4)17-14-12-10-9-11-13-16-19(6-2)7-3/h19-21H,5-18H2,1-4H3. The maximum absolute atomic E-state index is 3.37. The average molecular weight is 298 g/mol. The Hall–Kier alpha value is -0.0400. The van der Waals surface area contributed by atoms with Crippen molar-refractivity contribution in [3.63, 3.8) is 0 Å². The molecule has 0 fully saturated rings. The summed E-state index contributed by atoms with van der Waals surface area (Å²) in [4.78, 5) is 0. The van der Waals surface area contributed by atoms with Crippen molar-refractivity contribution in [3.05, 3.63) is 0 Å². The Morgan fingerprint density at radius 2 is 1.10 bits per heavy atom. The molecule has 0 radical (unpaired) electrons. The second kappa shape index (κ2) is 16.3. The van der Waals surface area contributed by atoms with Crippen LogP contribution in [-0.4, -0.2) is 13.6 Å². The summed E-state index contributed by atoms with van der Waals surface area (Å²) in [6.45, 7) is 8.20. The van der Waals surface area contributed by atoms with E-state index in [-0.39, 0.29) is 0 Å². The van der Waals surface area contributed by atoms with Crippen molar-refractivity contribution in [2.24, 2.45) is 11.8 Å². The Labute approximate surface area is 135 Å². The molecular weight excluding hydrogens is 254 g/mol. The molecule has 1 unspecified atom stereocenters. The zero-order chi connectivity index (χ0) is 15.8. The first-order chi connectivity index (χ1) is 10.3. The molecular formula is C20H43N. The molecule has 0 heterocycles. The van der Waals surface area contributed by atoms with E-state index in [2.05, 4.69) is 33.1 Å². The zero-order valence-electron chi connectivity index (χ0n) is 15.6. The van der Waals surface area contributed by atoms with E-state index in [9.17, 15) is 0 Å². The largest absolute Gasteiger partial charge is 0.319 e. The van der Waals surface area contributed by atoms with Gasteiger partial charge in [0.05, 0.1) is 0 Å². The molecule has 0 spiro atoms. The minimum absolute atomic E-state index is 0.921. The van der Waals surface area contributed by atoms with Crippen LogP contribution in [0.2, 0.25) is 0 Å². The highest BCUT2D eigenvalue weighted by molar-refractivity contribution is 4.62. The van der Waals surface area contributed by atoms with Crippen molar-refractivity contribution in [3.8, 4) is 0 Å². The highest BCUT2D eigenvalue weighted by Crippen LogP contribution is 2.19. The van der Waals surface area contributed by atoms with E-state index >= 15 is 0 Å². The molecule has 0 amide bonds. The maximum atomic E-state index is 3.37. The van der Waals surface area contributed by atoms with Crippen molar-refractivity contribution >= 4 is 0 Å². The van der Waals surface area contributed by atoms with Gasteiger partial charge in [-0.2, -0.15) is 0 Å².